The average molecular weight is 514 g/mol. The summed E-state index contributed by atoms with van der Waals surface area (Å²) in [6, 6.07) is 11.6. The molecule has 0 fully saturated rings. The lowest BCUT2D eigenvalue weighted by molar-refractivity contribution is -0.118. The van der Waals surface area contributed by atoms with Gasteiger partial charge in [-0.15, -0.1) is 0 Å². The number of hydrogen-bond acceptors (Lipinski definition) is 7. The molecule has 0 atom stereocenters. The predicted octanol–water partition coefficient (Wildman–Crippen LogP) is 6.05. The van der Waals surface area contributed by atoms with E-state index >= 15 is 0 Å². The molecule has 0 bridgehead atoms. The topological polar surface area (TPSA) is 89.0 Å². The maximum absolute atomic E-state index is 13.4. The predicted molar refractivity (Wildman–Crippen MR) is 137 cm³/mol. The van der Waals surface area contributed by atoms with Crippen LogP contribution in [0.2, 0.25) is 5.02 Å². The first-order chi connectivity index (χ1) is 17.0. The number of ether oxygens (including phenoxy) is 1. The maximum atomic E-state index is 13.4. The van der Waals surface area contributed by atoms with Gasteiger partial charge in [0.05, 0.1) is 10.0 Å². The van der Waals surface area contributed by atoms with E-state index in [0.29, 0.717) is 28.7 Å². The van der Waals surface area contributed by atoms with Crippen LogP contribution in [0.3, 0.4) is 0 Å². The van der Waals surface area contributed by atoms with Gasteiger partial charge in [0.1, 0.15) is 34.8 Å². The lowest BCUT2D eigenvalue weighted by Crippen LogP contribution is -2.20. The first kappa shape index (κ1) is 24.8. The molecule has 2 heterocycles. The number of carbonyl (C=O) groups is 1. The summed E-state index contributed by atoms with van der Waals surface area (Å²) in [5.41, 5.74) is 2.17. The highest BCUT2D eigenvalue weighted by atomic mass is 35.5. The van der Waals surface area contributed by atoms with Crippen LogP contribution in [0.1, 0.15) is 36.8 Å². The summed E-state index contributed by atoms with van der Waals surface area (Å²) in [6.07, 6.45) is 5.31. The molecule has 0 saturated heterocycles. The van der Waals surface area contributed by atoms with Gasteiger partial charge in [0, 0.05) is 19.2 Å². The van der Waals surface area contributed by atoms with E-state index in [4.69, 9.17) is 21.3 Å². The smallest absolute Gasteiger partial charge is 0.216 e. The van der Waals surface area contributed by atoms with Crippen LogP contribution < -0.4 is 15.4 Å². The second-order valence-electron chi connectivity index (χ2n) is 7.97. The van der Waals surface area contributed by atoms with Crippen LogP contribution in [0.4, 0.5) is 15.9 Å². The van der Waals surface area contributed by atoms with Crippen LogP contribution in [-0.4, -0.2) is 27.4 Å². The van der Waals surface area contributed by atoms with E-state index in [1.54, 1.807) is 35.6 Å². The van der Waals surface area contributed by atoms with Gasteiger partial charge in [-0.3, -0.25) is 4.79 Å². The number of anilines is 2. The number of aryl methyl sites for hydroxylation is 1. The van der Waals surface area contributed by atoms with E-state index in [-0.39, 0.29) is 18.3 Å². The molecule has 10 heteroatoms. The molecule has 2 aromatic carbocycles. The third kappa shape index (κ3) is 7.10. The molecule has 35 heavy (non-hydrogen) atoms. The van der Waals surface area contributed by atoms with Crippen molar-refractivity contribution in [3.63, 3.8) is 0 Å². The Morgan fingerprint density at radius 2 is 2.03 bits per heavy atom. The molecule has 0 radical (unpaired) electrons. The number of rotatable bonds is 11. The number of amides is 1. The highest BCUT2D eigenvalue weighted by Gasteiger charge is 2.12. The van der Waals surface area contributed by atoms with Gasteiger partial charge in [-0.1, -0.05) is 41.5 Å². The standard InChI is InChI=1S/C25H25ClFN5O2S/c1-16(33)28-11-4-2-3-8-22-32-23-24(29-15-30-25(23)35-22)31-19-9-10-21(20(26)13-19)34-14-17-6-5-7-18(27)12-17/h5-7,9-10,12-13,15H,2-4,8,11,14H2,1H3,(H,28,33)(H,29,30,31). The molecule has 182 valence electrons. The average Bonchev–Trinajstić information content (AvgIpc) is 3.25. The summed E-state index contributed by atoms with van der Waals surface area (Å²) in [5, 5.41) is 7.51. The third-order valence-electron chi connectivity index (χ3n) is 5.16. The Balaban J connectivity index is 1.37. The fraction of sp³-hybridized carbons (Fsp3) is 0.280. The number of thiazole rings is 1. The van der Waals surface area contributed by atoms with Crippen molar-refractivity contribution in [2.75, 3.05) is 11.9 Å². The summed E-state index contributed by atoms with van der Waals surface area (Å²) in [6.45, 7) is 2.44. The lowest BCUT2D eigenvalue weighted by Gasteiger charge is -2.11. The van der Waals surface area contributed by atoms with E-state index in [1.165, 1.54) is 25.4 Å². The van der Waals surface area contributed by atoms with Gasteiger partial charge in [-0.05, 0) is 55.2 Å². The minimum atomic E-state index is -0.305. The Hall–Kier alpha value is -3.30. The van der Waals surface area contributed by atoms with Crippen LogP contribution in [0.15, 0.2) is 48.8 Å². The van der Waals surface area contributed by atoms with E-state index in [9.17, 15) is 9.18 Å². The summed E-state index contributed by atoms with van der Waals surface area (Å²) >= 11 is 7.97. The summed E-state index contributed by atoms with van der Waals surface area (Å²) in [4.78, 5) is 25.2. The maximum Gasteiger partial charge on any atom is 0.216 e. The minimum absolute atomic E-state index is 0.00194. The lowest BCUT2D eigenvalue weighted by atomic mass is 10.2. The molecule has 0 aliphatic rings. The number of hydrogen-bond donors (Lipinski definition) is 2. The van der Waals surface area contributed by atoms with E-state index in [1.807, 2.05) is 6.07 Å². The minimum Gasteiger partial charge on any atom is -0.487 e. The van der Waals surface area contributed by atoms with Gasteiger partial charge >= 0.3 is 0 Å². The van der Waals surface area contributed by atoms with E-state index in [0.717, 1.165) is 46.8 Å². The number of nitrogens with zero attached hydrogens (tertiary/aromatic N) is 3. The van der Waals surface area contributed by atoms with Crippen LogP contribution in [-0.2, 0) is 17.8 Å². The van der Waals surface area contributed by atoms with Crippen LogP contribution in [0, 0.1) is 5.82 Å². The van der Waals surface area contributed by atoms with Gasteiger partial charge < -0.3 is 15.4 Å². The number of unbranched alkanes of at least 4 members (excludes halogenated alkanes) is 2. The van der Waals surface area contributed by atoms with Gasteiger partial charge in [-0.2, -0.15) is 0 Å². The number of aromatic nitrogens is 3. The SMILES string of the molecule is CC(=O)NCCCCCc1nc2c(Nc3ccc(OCc4cccc(F)c4)c(Cl)c3)ncnc2s1. The van der Waals surface area contributed by atoms with Gasteiger partial charge in [0.2, 0.25) is 5.91 Å². The molecular weight excluding hydrogens is 489 g/mol. The Labute approximate surface area is 211 Å². The Morgan fingerprint density at radius 3 is 2.83 bits per heavy atom. The number of halogens is 2. The first-order valence-electron chi connectivity index (χ1n) is 11.3. The molecule has 4 aromatic rings. The van der Waals surface area contributed by atoms with Gasteiger partial charge in [0.15, 0.2) is 5.82 Å². The van der Waals surface area contributed by atoms with Crippen molar-refractivity contribution in [1.82, 2.24) is 20.3 Å². The van der Waals surface area contributed by atoms with Crippen molar-refractivity contribution >= 4 is 50.7 Å². The molecular formula is C25H25ClFN5O2S. The van der Waals surface area contributed by atoms with Crippen molar-refractivity contribution in [2.45, 2.75) is 39.2 Å². The first-order valence-corrected chi connectivity index (χ1v) is 12.5. The zero-order chi connectivity index (χ0) is 24.6. The quantitative estimate of drug-likeness (QED) is 0.237. The molecule has 2 N–H and O–H groups in total. The Morgan fingerprint density at radius 1 is 1.14 bits per heavy atom. The van der Waals surface area contributed by atoms with Crippen LogP contribution >= 0.6 is 22.9 Å². The normalized spacial score (nSPS) is 10.9. The van der Waals surface area contributed by atoms with Crippen molar-refractivity contribution in [3.8, 4) is 5.75 Å². The molecule has 0 saturated carbocycles. The molecule has 0 spiro atoms. The molecule has 1 amide bonds. The highest BCUT2D eigenvalue weighted by Crippen LogP contribution is 2.32. The van der Waals surface area contributed by atoms with Crippen molar-refractivity contribution < 1.29 is 13.9 Å². The largest absolute Gasteiger partial charge is 0.487 e. The van der Waals surface area contributed by atoms with E-state index in [2.05, 4.69) is 20.6 Å². The number of nitrogens with one attached hydrogen (secondary N) is 2. The Kier molecular flexibility index (Phi) is 8.44. The van der Waals surface area contributed by atoms with Gasteiger partial charge in [0.25, 0.3) is 0 Å². The van der Waals surface area contributed by atoms with Crippen LogP contribution in [0.5, 0.6) is 5.75 Å². The molecule has 0 aliphatic carbocycles. The number of benzene rings is 2. The van der Waals surface area contributed by atoms with Crippen molar-refractivity contribution in [2.24, 2.45) is 0 Å². The van der Waals surface area contributed by atoms with Crippen LogP contribution in [0.25, 0.3) is 10.3 Å². The number of fused-ring (bicyclic) bond motifs is 1. The fourth-order valence-electron chi connectivity index (χ4n) is 3.46. The van der Waals surface area contributed by atoms with E-state index < -0.39 is 0 Å². The summed E-state index contributed by atoms with van der Waals surface area (Å²) in [5.74, 6) is 0.804. The highest BCUT2D eigenvalue weighted by molar-refractivity contribution is 7.18. The molecule has 4 rings (SSSR count). The third-order valence-corrected chi connectivity index (χ3v) is 6.48. The molecule has 0 aliphatic heterocycles. The monoisotopic (exact) mass is 513 g/mol. The summed E-state index contributed by atoms with van der Waals surface area (Å²) < 4.78 is 19.1. The Bertz CT molecular complexity index is 1320. The molecule has 0 unspecified atom stereocenters. The second-order valence-corrected chi connectivity index (χ2v) is 9.44. The molecule has 2 aromatic heterocycles. The summed E-state index contributed by atoms with van der Waals surface area (Å²) in [7, 11) is 0. The molecule has 7 nitrogen and oxygen atoms in total. The second kappa shape index (κ2) is 11.9. The number of carbonyl (C=O) groups excluding carboxylic acids is 1. The van der Waals surface area contributed by atoms with Crippen molar-refractivity contribution in [3.05, 3.63) is 70.2 Å². The zero-order valence-corrected chi connectivity index (χ0v) is 20.8. The zero-order valence-electron chi connectivity index (χ0n) is 19.2. The fourth-order valence-corrected chi connectivity index (χ4v) is 4.64. The van der Waals surface area contributed by atoms with Gasteiger partial charge in [-0.25, -0.2) is 19.3 Å². The van der Waals surface area contributed by atoms with Crippen molar-refractivity contribution in [1.29, 1.82) is 0 Å².